The van der Waals surface area contributed by atoms with Crippen molar-refractivity contribution in [2.75, 3.05) is 0 Å². The number of rotatable bonds is 5. The van der Waals surface area contributed by atoms with Crippen molar-refractivity contribution in [2.45, 2.75) is 13.5 Å². The Balaban J connectivity index is 1.34. The van der Waals surface area contributed by atoms with Crippen molar-refractivity contribution in [3.63, 3.8) is 0 Å². The molecular weight excluding hydrogens is 450 g/mol. The maximum Gasteiger partial charge on any atom is 0.155 e. The van der Waals surface area contributed by atoms with Crippen molar-refractivity contribution in [2.24, 2.45) is 9.98 Å². The molecule has 0 aliphatic heterocycles. The predicted octanol–water partition coefficient (Wildman–Crippen LogP) is 8.24. The van der Waals surface area contributed by atoms with Crippen LogP contribution in [0.15, 0.2) is 143 Å². The van der Waals surface area contributed by atoms with Crippen LogP contribution in [0.2, 0.25) is 0 Å². The van der Waals surface area contributed by atoms with Gasteiger partial charge in [-0.05, 0) is 42.3 Å². The molecule has 3 heteroatoms. The number of aliphatic imine (C=N–C) groups is 2. The zero-order chi connectivity index (χ0) is 25.0. The highest BCUT2D eigenvalue weighted by molar-refractivity contribution is 6.11. The Labute approximate surface area is 217 Å². The molecule has 0 bridgehead atoms. The number of benzene rings is 5. The van der Waals surface area contributed by atoms with E-state index < -0.39 is 0 Å². The van der Waals surface area contributed by atoms with Gasteiger partial charge >= 0.3 is 0 Å². The van der Waals surface area contributed by atoms with E-state index in [2.05, 4.69) is 102 Å². The van der Waals surface area contributed by atoms with Gasteiger partial charge < -0.3 is 4.57 Å². The average Bonchev–Trinajstić information content (AvgIpc) is 3.31. The molecule has 0 N–H and O–H groups in total. The quantitative estimate of drug-likeness (QED) is 0.177. The summed E-state index contributed by atoms with van der Waals surface area (Å²) in [4.78, 5) is 9.87. The highest BCUT2D eigenvalue weighted by Gasteiger charge is 2.11. The van der Waals surface area contributed by atoms with Crippen LogP contribution in [-0.4, -0.2) is 16.1 Å². The van der Waals surface area contributed by atoms with Crippen LogP contribution in [0.1, 0.15) is 23.6 Å². The van der Waals surface area contributed by atoms with Crippen LogP contribution >= 0.6 is 0 Å². The molecule has 0 saturated carbocycles. The highest BCUT2D eigenvalue weighted by atomic mass is 15.0. The molecule has 0 atom stereocenters. The Morgan fingerprint density at radius 2 is 1.08 bits per heavy atom. The van der Waals surface area contributed by atoms with Crippen LogP contribution < -0.4 is 0 Å². The minimum atomic E-state index is 0.559. The number of hydrogen-bond acceptors (Lipinski definition) is 1. The van der Waals surface area contributed by atoms with E-state index in [0.717, 1.165) is 33.9 Å². The normalized spacial score (nSPS) is 12.4. The number of nitrogens with zero attached hydrogens (tertiary/aromatic N) is 3. The Morgan fingerprint density at radius 1 is 0.568 bits per heavy atom. The molecule has 6 aromatic rings. The van der Waals surface area contributed by atoms with E-state index >= 15 is 0 Å². The molecule has 0 radical (unpaired) electrons. The molecule has 0 aliphatic carbocycles. The molecule has 0 amide bonds. The molecule has 0 unspecified atom stereocenters. The van der Waals surface area contributed by atoms with Crippen molar-refractivity contribution in [3.05, 3.63) is 150 Å². The first-order chi connectivity index (χ1) is 18.3. The second-order valence-corrected chi connectivity index (χ2v) is 9.11. The molecular formula is C34H27N3. The first-order valence-corrected chi connectivity index (χ1v) is 12.6. The van der Waals surface area contributed by atoms with Crippen LogP contribution in [0, 0.1) is 0 Å². The summed E-state index contributed by atoms with van der Waals surface area (Å²) < 4.78 is 2.33. The van der Waals surface area contributed by atoms with Gasteiger partial charge in [0.25, 0.3) is 0 Å². The topological polar surface area (TPSA) is 29.6 Å². The minimum Gasteiger partial charge on any atom is -0.309 e. The monoisotopic (exact) mass is 477 g/mol. The number of aromatic nitrogens is 1. The van der Waals surface area contributed by atoms with Crippen LogP contribution in [-0.2, 0) is 6.54 Å². The van der Waals surface area contributed by atoms with E-state index in [1.54, 1.807) is 0 Å². The van der Waals surface area contributed by atoms with Crippen molar-refractivity contribution >= 4 is 33.4 Å². The number of fused-ring (bicyclic) bond motifs is 3. The van der Waals surface area contributed by atoms with Crippen molar-refractivity contribution < 1.29 is 0 Å². The smallest absolute Gasteiger partial charge is 0.155 e. The summed E-state index contributed by atoms with van der Waals surface area (Å²) in [6.07, 6.45) is 0. The van der Waals surface area contributed by atoms with Gasteiger partial charge in [0.1, 0.15) is 0 Å². The lowest BCUT2D eigenvalue weighted by molar-refractivity contribution is 1.05. The van der Waals surface area contributed by atoms with Gasteiger partial charge in [0.15, 0.2) is 5.84 Å². The fourth-order valence-corrected chi connectivity index (χ4v) is 4.80. The molecule has 6 rings (SSSR count). The lowest BCUT2D eigenvalue weighted by atomic mass is 10.1. The maximum atomic E-state index is 4.94. The molecule has 3 nitrogen and oxygen atoms in total. The van der Waals surface area contributed by atoms with Gasteiger partial charge in [-0.2, -0.15) is 0 Å². The van der Waals surface area contributed by atoms with Crippen LogP contribution in [0.3, 0.4) is 0 Å². The van der Waals surface area contributed by atoms with E-state index in [-0.39, 0.29) is 0 Å². The van der Waals surface area contributed by atoms with E-state index in [4.69, 9.17) is 9.98 Å². The second-order valence-electron chi connectivity index (χ2n) is 9.11. The fourth-order valence-electron chi connectivity index (χ4n) is 4.80. The van der Waals surface area contributed by atoms with Gasteiger partial charge in [-0.15, -0.1) is 0 Å². The largest absolute Gasteiger partial charge is 0.309 e. The average molecular weight is 478 g/mol. The van der Waals surface area contributed by atoms with E-state index in [1.165, 1.54) is 21.8 Å². The maximum absolute atomic E-state index is 4.94. The van der Waals surface area contributed by atoms with E-state index in [0.29, 0.717) is 6.54 Å². The third-order valence-electron chi connectivity index (χ3n) is 6.68. The predicted molar refractivity (Wildman–Crippen MR) is 156 cm³/mol. The standard InChI is InChI=1S/C34H27N3/c1-25(27-12-4-2-5-13-27)36-34(28-14-6-3-7-15-28)35-24-26-20-22-29(23-21-26)37-32-18-10-8-16-30(32)31-17-9-11-19-33(31)37/h2-23H,24H2,1H3/b35-34-,36-25+. The zero-order valence-corrected chi connectivity index (χ0v) is 20.8. The Hall–Kier alpha value is -4.76. The highest BCUT2D eigenvalue weighted by Crippen LogP contribution is 2.31. The molecule has 5 aromatic carbocycles. The Kier molecular flexibility index (Phi) is 6.18. The van der Waals surface area contributed by atoms with Crippen LogP contribution in [0.25, 0.3) is 27.5 Å². The molecule has 1 heterocycles. The molecule has 0 spiro atoms. The molecule has 37 heavy (non-hydrogen) atoms. The molecule has 0 saturated heterocycles. The summed E-state index contributed by atoms with van der Waals surface area (Å²) in [5.74, 6) is 0.744. The summed E-state index contributed by atoms with van der Waals surface area (Å²) >= 11 is 0. The Bertz CT molecular complexity index is 1670. The second kappa shape index (κ2) is 10.1. The summed E-state index contributed by atoms with van der Waals surface area (Å²) in [6, 6.07) is 46.3. The summed E-state index contributed by atoms with van der Waals surface area (Å²) in [6.45, 7) is 2.59. The van der Waals surface area contributed by atoms with Gasteiger partial charge in [0.05, 0.1) is 17.6 Å². The first-order valence-electron chi connectivity index (χ1n) is 12.6. The number of hydrogen-bond donors (Lipinski definition) is 0. The van der Waals surface area contributed by atoms with E-state index in [1.807, 2.05) is 43.3 Å². The summed E-state index contributed by atoms with van der Waals surface area (Å²) in [7, 11) is 0. The van der Waals surface area contributed by atoms with Gasteiger partial charge in [-0.25, -0.2) is 4.99 Å². The fraction of sp³-hybridized carbons (Fsp3) is 0.0588. The SMILES string of the molecule is C/C(=N\C(=N/Cc1ccc(-n2c3ccccc3c3ccccc32)cc1)c1ccccc1)c1ccccc1. The van der Waals surface area contributed by atoms with Crippen LogP contribution in [0.5, 0.6) is 0 Å². The number of para-hydroxylation sites is 2. The number of amidine groups is 1. The van der Waals surface area contributed by atoms with E-state index in [9.17, 15) is 0 Å². The van der Waals surface area contributed by atoms with Gasteiger partial charge in [-0.1, -0.05) is 109 Å². The van der Waals surface area contributed by atoms with Crippen molar-refractivity contribution in [3.8, 4) is 5.69 Å². The van der Waals surface area contributed by atoms with Gasteiger partial charge in [0.2, 0.25) is 0 Å². The van der Waals surface area contributed by atoms with Crippen molar-refractivity contribution in [1.29, 1.82) is 0 Å². The van der Waals surface area contributed by atoms with Crippen LogP contribution in [0.4, 0.5) is 0 Å². The molecule has 1 aromatic heterocycles. The molecule has 178 valence electrons. The lowest BCUT2D eigenvalue weighted by Gasteiger charge is -2.09. The summed E-state index contributed by atoms with van der Waals surface area (Å²) in [5.41, 5.74) is 7.78. The van der Waals surface area contributed by atoms with Gasteiger partial charge in [-0.3, -0.25) is 4.99 Å². The first kappa shape index (κ1) is 22.7. The Morgan fingerprint density at radius 3 is 1.68 bits per heavy atom. The minimum absolute atomic E-state index is 0.559. The third kappa shape index (κ3) is 4.60. The lowest BCUT2D eigenvalue weighted by Crippen LogP contribution is -2.04. The molecule has 0 aliphatic rings. The molecule has 0 fully saturated rings. The van der Waals surface area contributed by atoms with Crippen molar-refractivity contribution in [1.82, 2.24) is 4.57 Å². The zero-order valence-electron chi connectivity index (χ0n) is 20.8. The van der Waals surface area contributed by atoms with Gasteiger partial charge in [0, 0.05) is 27.7 Å². The summed E-state index contributed by atoms with van der Waals surface area (Å²) in [5, 5.41) is 2.54. The third-order valence-corrected chi connectivity index (χ3v) is 6.68.